The van der Waals surface area contributed by atoms with Gasteiger partial charge in [0, 0.05) is 22.1 Å². The Morgan fingerprint density at radius 1 is 1.12 bits per heavy atom. The average Bonchev–Trinajstić information content (AvgIpc) is 3.13. The zero-order chi connectivity index (χ0) is 25.0. The van der Waals surface area contributed by atoms with E-state index < -0.39 is 36.2 Å². The summed E-state index contributed by atoms with van der Waals surface area (Å²) >= 11 is 3.36. The zero-order valence-electron chi connectivity index (χ0n) is 19.6. The van der Waals surface area contributed by atoms with E-state index >= 15 is 0 Å². The Hall–Kier alpha value is -3.20. The van der Waals surface area contributed by atoms with Crippen LogP contribution in [0.2, 0.25) is 0 Å². The van der Waals surface area contributed by atoms with Crippen molar-refractivity contribution in [2.24, 2.45) is 5.92 Å². The van der Waals surface area contributed by atoms with Gasteiger partial charge in [-0.3, -0.25) is 29.6 Å². The summed E-state index contributed by atoms with van der Waals surface area (Å²) in [5.74, 6) is -2.74. The van der Waals surface area contributed by atoms with Crippen LogP contribution >= 0.6 is 15.9 Å². The fourth-order valence-electron chi connectivity index (χ4n) is 3.49. The van der Waals surface area contributed by atoms with Crippen LogP contribution in [-0.4, -0.2) is 41.9 Å². The van der Waals surface area contributed by atoms with Gasteiger partial charge in [-0.25, -0.2) is 0 Å². The molecular weight excluding hydrogens is 502 g/mol. The Bertz CT molecular complexity index is 1110. The van der Waals surface area contributed by atoms with Crippen LogP contribution in [0, 0.1) is 12.8 Å². The summed E-state index contributed by atoms with van der Waals surface area (Å²) in [6, 6.07) is 12.5. The minimum Gasteiger partial charge on any atom is -0.455 e. The first kappa shape index (κ1) is 25.4. The molecule has 2 aromatic carbocycles. The number of hydrogen-bond donors (Lipinski definition) is 2. The number of halogens is 1. The fraction of sp³-hybridized carbons (Fsp3) is 0.360. The summed E-state index contributed by atoms with van der Waals surface area (Å²) in [7, 11) is 0. The molecule has 0 aliphatic carbocycles. The molecular formula is C25H28BrN3O5. The SMILES string of the molecule is Cc1cc(Br)ccc1NC(=O)COC(=O)[C@H]1CC(=O)N(NC(=O)c2ccc(C(C)(C)C)cc2)C1. The van der Waals surface area contributed by atoms with Crippen LogP contribution in [0.5, 0.6) is 0 Å². The Morgan fingerprint density at radius 3 is 2.41 bits per heavy atom. The van der Waals surface area contributed by atoms with Gasteiger partial charge in [0.25, 0.3) is 11.8 Å². The number of hydrazine groups is 1. The molecule has 180 valence electrons. The van der Waals surface area contributed by atoms with E-state index in [9.17, 15) is 19.2 Å². The normalized spacial score (nSPS) is 15.7. The van der Waals surface area contributed by atoms with Gasteiger partial charge >= 0.3 is 5.97 Å². The predicted molar refractivity (Wildman–Crippen MR) is 131 cm³/mol. The lowest BCUT2D eigenvalue weighted by Gasteiger charge is -2.20. The monoisotopic (exact) mass is 529 g/mol. The zero-order valence-corrected chi connectivity index (χ0v) is 21.2. The fourth-order valence-corrected chi connectivity index (χ4v) is 3.97. The highest BCUT2D eigenvalue weighted by Crippen LogP contribution is 2.23. The number of ether oxygens (including phenoxy) is 1. The van der Waals surface area contributed by atoms with Gasteiger partial charge in [-0.2, -0.15) is 0 Å². The summed E-state index contributed by atoms with van der Waals surface area (Å²) in [5, 5.41) is 3.81. The predicted octanol–water partition coefficient (Wildman–Crippen LogP) is 3.73. The van der Waals surface area contributed by atoms with Gasteiger partial charge in [-0.15, -0.1) is 0 Å². The number of benzene rings is 2. The maximum absolute atomic E-state index is 12.5. The van der Waals surface area contributed by atoms with Gasteiger partial charge in [-0.1, -0.05) is 48.8 Å². The van der Waals surface area contributed by atoms with Gasteiger partial charge in [0.15, 0.2) is 6.61 Å². The molecule has 1 saturated heterocycles. The summed E-state index contributed by atoms with van der Waals surface area (Å²) < 4.78 is 5.99. The molecule has 2 N–H and O–H groups in total. The average molecular weight is 530 g/mol. The molecule has 3 rings (SSSR count). The highest BCUT2D eigenvalue weighted by Gasteiger charge is 2.36. The Labute approximate surface area is 207 Å². The first-order chi connectivity index (χ1) is 15.9. The minimum atomic E-state index is -0.765. The molecule has 1 fully saturated rings. The van der Waals surface area contributed by atoms with Crippen LogP contribution in [0.25, 0.3) is 0 Å². The molecule has 0 saturated carbocycles. The van der Waals surface area contributed by atoms with Crippen LogP contribution in [-0.2, 0) is 24.5 Å². The van der Waals surface area contributed by atoms with Crippen molar-refractivity contribution in [1.82, 2.24) is 10.4 Å². The first-order valence-corrected chi connectivity index (χ1v) is 11.7. The van der Waals surface area contributed by atoms with Crippen LogP contribution < -0.4 is 10.7 Å². The summed E-state index contributed by atoms with van der Waals surface area (Å²) in [6.45, 7) is 7.60. The first-order valence-electron chi connectivity index (χ1n) is 10.9. The van der Waals surface area contributed by atoms with E-state index in [2.05, 4.69) is 47.4 Å². The molecule has 0 spiro atoms. The van der Waals surface area contributed by atoms with E-state index in [1.165, 1.54) is 0 Å². The lowest BCUT2D eigenvalue weighted by Crippen LogP contribution is -2.43. The molecule has 0 unspecified atom stereocenters. The second-order valence-electron chi connectivity index (χ2n) is 9.29. The van der Waals surface area contributed by atoms with E-state index in [0.717, 1.165) is 20.6 Å². The molecule has 8 nitrogen and oxygen atoms in total. The summed E-state index contributed by atoms with van der Waals surface area (Å²) in [5.41, 5.74) is 5.48. The summed E-state index contributed by atoms with van der Waals surface area (Å²) in [4.78, 5) is 49.4. The highest BCUT2D eigenvalue weighted by molar-refractivity contribution is 9.10. The van der Waals surface area contributed by atoms with E-state index in [4.69, 9.17) is 4.74 Å². The van der Waals surface area contributed by atoms with Crippen molar-refractivity contribution in [3.05, 3.63) is 63.6 Å². The van der Waals surface area contributed by atoms with Crippen molar-refractivity contribution in [1.29, 1.82) is 0 Å². The van der Waals surface area contributed by atoms with Crippen LogP contribution in [0.15, 0.2) is 46.9 Å². The van der Waals surface area contributed by atoms with Crippen molar-refractivity contribution in [3.63, 3.8) is 0 Å². The number of amides is 3. The van der Waals surface area contributed by atoms with Crippen LogP contribution in [0.1, 0.15) is 48.7 Å². The van der Waals surface area contributed by atoms with E-state index in [1.807, 2.05) is 25.1 Å². The molecule has 9 heteroatoms. The van der Waals surface area contributed by atoms with E-state index in [0.29, 0.717) is 11.3 Å². The van der Waals surface area contributed by atoms with Gasteiger partial charge in [-0.05, 0) is 53.8 Å². The summed E-state index contributed by atoms with van der Waals surface area (Å²) in [6.07, 6.45) is -0.102. The van der Waals surface area contributed by atoms with Crippen LogP contribution in [0.4, 0.5) is 5.69 Å². The van der Waals surface area contributed by atoms with E-state index in [-0.39, 0.29) is 18.4 Å². The Morgan fingerprint density at radius 2 is 1.79 bits per heavy atom. The number of nitrogens with one attached hydrogen (secondary N) is 2. The molecule has 1 atom stereocenters. The molecule has 1 heterocycles. The van der Waals surface area contributed by atoms with Gasteiger partial charge in [0.05, 0.1) is 12.5 Å². The lowest BCUT2D eigenvalue weighted by atomic mass is 9.87. The molecule has 0 aromatic heterocycles. The van der Waals surface area contributed by atoms with Crippen molar-refractivity contribution in [2.45, 2.75) is 39.5 Å². The minimum absolute atomic E-state index is 0.0169. The number of esters is 1. The number of nitrogens with zero attached hydrogens (tertiary/aromatic N) is 1. The molecule has 3 amide bonds. The third-order valence-electron chi connectivity index (χ3n) is 5.52. The van der Waals surface area contributed by atoms with Crippen molar-refractivity contribution in [2.75, 3.05) is 18.5 Å². The third-order valence-corrected chi connectivity index (χ3v) is 6.01. The number of anilines is 1. The quantitative estimate of drug-likeness (QED) is 0.554. The molecule has 0 radical (unpaired) electrons. The van der Waals surface area contributed by atoms with Crippen molar-refractivity contribution >= 4 is 45.3 Å². The second kappa shape index (κ2) is 10.4. The van der Waals surface area contributed by atoms with Gasteiger partial charge in [0.1, 0.15) is 0 Å². The smallest absolute Gasteiger partial charge is 0.311 e. The van der Waals surface area contributed by atoms with Gasteiger partial charge < -0.3 is 10.1 Å². The maximum atomic E-state index is 12.5. The van der Waals surface area contributed by atoms with E-state index in [1.54, 1.807) is 24.3 Å². The third kappa shape index (κ3) is 6.44. The molecule has 1 aliphatic heterocycles. The highest BCUT2D eigenvalue weighted by atomic mass is 79.9. The number of hydrogen-bond acceptors (Lipinski definition) is 5. The molecule has 34 heavy (non-hydrogen) atoms. The molecule has 2 aromatic rings. The maximum Gasteiger partial charge on any atom is 0.311 e. The number of aryl methyl sites for hydroxylation is 1. The van der Waals surface area contributed by atoms with Gasteiger partial charge in [0.2, 0.25) is 5.91 Å². The largest absolute Gasteiger partial charge is 0.455 e. The van der Waals surface area contributed by atoms with Crippen molar-refractivity contribution in [3.8, 4) is 0 Å². The standard InChI is InChI=1S/C25H28BrN3O5/c1-15-11-19(26)9-10-20(15)27-21(30)14-34-24(33)17-12-22(31)29(13-17)28-23(32)16-5-7-18(8-6-16)25(2,3)4/h5-11,17H,12-14H2,1-4H3,(H,27,30)(H,28,32)/t17-/m0/s1. The number of carbonyl (C=O) groups is 4. The molecule has 1 aliphatic rings. The molecule has 0 bridgehead atoms. The number of carbonyl (C=O) groups excluding carboxylic acids is 4. The van der Waals surface area contributed by atoms with Crippen molar-refractivity contribution < 1.29 is 23.9 Å². The second-order valence-corrected chi connectivity index (χ2v) is 10.2. The Balaban J connectivity index is 1.50. The van der Waals surface area contributed by atoms with Crippen LogP contribution in [0.3, 0.4) is 0 Å². The number of rotatable bonds is 6. The Kier molecular flexibility index (Phi) is 7.76. The topological polar surface area (TPSA) is 105 Å². The lowest BCUT2D eigenvalue weighted by molar-refractivity contribution is -0.151.